The summed E-state index contributed by atoms with van der Waals surface area (Å²) >= 11 is 0. The molecule has 0 aromatic carbocycles. The summed E-state index contributed by atoms with van der Waals surface area (Å²) in [6.45, 7) is 23.2. The van der Waals surface area contributed by atoms with Gasteiger partial charge < -0.3 is 9.80 Å². The number of hydrogen-bond acceptors (Lipinski definition) is 5. The SMILES string of the molecule is CCN1CCN(CC(=O)C(C)C)CCN(CC)CC(C)(C)N(C)CC1. The zero-order valence-corrected chi connectivity index (χ0v) is 17.8. The Bertz CT molecular complexity index is 397. The molecule has 0 spiro atoms. The largest absolute Gasteiger partial charge is 0.301 e. The first-order valence-corrected chi connectivity index (χ1v) is 10.1. The average molecular weight is 355 g/mol. The topological polar surface area (TPSA) is 30.0 Å². The maximum atomic E-state index is 12.3. The molecular weight excluding hydrogens is 312 g/mol. The molecule has 0 atom stereocenters. The van der Waals surface area contributed by atoms with Crippen LogP contribution in [0.5, 0.6) is 0 Å². The average Bonchev–Trinajstić information content (AvgIpc) is 2.56. The predicted octanol–water partition coefficient (Wildman–Crippen LogP) is 1.88. The van der Waals surface area contributed by atoms with Gasteiger partial charge in [0, 0.05) is 57.3 Å². The Balaban J connectivity index is 2.85. The van der Waals surface area contributed by atoms with Gasteiger partial charge in [-0.1, -0.05) is 27.7 Å². The third-order valence-electron chi connectivity index (χ3n) is 5.78. The van der Waals surface area contributed by atoms with Crippen molar-refractivity contribution in [3.63, 3.8) is 0 Å². The van der Waals surface area contributed by atoms with Gasteiger partial charge in [-0.15, -0.1) is 0 Å². The van der Waals surface area contributed by atoms with Gasteiger partial charge in [-0.05, 0) is 34.0 Å². The monoisotopic (exact) mass is 354 g/mol. The molecule has 0 aliphatic carbocycles. The van der Waals surface area contributed by atoms with Crippen LogP contribution in [0.25, 0.3) is 0 Å². The third-order valence-corrected chi connectivity index (χ3v) is 5.78. The maximum absolute atomic E-state index is 12.3. The Hall–Kier alpha value is -0.490. The summed E-state index contributed by atoms with van der Waals surface area (Å²) in [6.07, 6.45) is 0. The van der Waals surface area contributed by atoms with Crippen molar-refractivity contribution in [3.8, 4) is 0 Å². The summed E-state index contributed by atoms with van der Waals surface area (Å²) in [5, 5.41) is 0. The summed E-state index contributed by atoms with van der Waals surface area (Å²) in [5.41, 5.74) is 0.160. The van der Waals surface area contributed by atoms with Crippen molar-refractivity contribution >= 4 is 5.78 Å². The standard InChI is InChI=1S/C20H42N4O/c1-8-22-11-10-21(7)20(5,6)17-23(9-2)13-15-24(14-12-22)16-19(25)18(3)4/h18H,8-17H2,1-7H3. The molecule has 1 rings (SSSR count). The first kappa shape index (κ1) is 22.6. The lowest BCUT2D eigenvalue weighted by atomic mass is 10.0. The molecule has 0 aromatic heterocycles. The Morgan fingerprint density at radius 1 is 0.880 bits per heavy atom. The van der Waals surface area contributed by atoms with Crippen molar-refractivity contribution in [3.05, 3.63) is 0 Å². The fraction of sp³-hybridized carbons (Fsp3) is 0.950. The van der Waals surface area contributed by atoms with Gasteiger partial charge in [0.15, 0.2) is 0 Å². The highest BCUT2D eigenvalue weighted by atomic mass is 16.1. The van der Waals surface area contributed by atoms with E-state index in [2.05, 4.69) is 54.3 Å². The molecule has 0 unspecified atom stereocenters. The molecule has 0 radical (unpaired) electrons. The zero-order chi connectivity index (χ0) is 19.0. The van der Waals surface area contributed by atoms with Crippen molar-refractivity contribution in [2.75, 3.05) is 72.5 Å². The second-order valence-corrected chi connectivity index (χ2v) is 8.43. The molecule has 0 saturated carbocycles. The lowest BCUT2D eigenvalue weighted by Crippen LogP contribution is -2.54. The number of likely N-dealkylation sites (N-methyl/N-ethyl adjacent to an activating group) is 3. The van der Waals surface area contributed by atoms with Crippen molar-refractivity contribution in [2.45, 2.75) is 47.1 Å². The van der Waals surface area contributed by atoms with Crippen molar-refractivity contribution < 1.29 is 4.79 Å². The highest BCUT2D eigenvalue weighted by Gasteiger charge is 2.27. The molecule has 0 amide bonds. The zero-order valence-electron chi connectivity index (χ0n) is 17.8. The molecule has 1 heterocycles. The Morgan fingerprint density at radius 3 is 1.88 bits per heavy atom. The molecule has 1 saturated heterocycles. The first-order valence-electron chi connectivity index (χ1n) is 10.1. The maximum Gasteiger partial charge on any atom is 0.149 e. The highest BCUT2D eigenvalue weighted by Crippen LogP contribution is 2.15. The third kappa shape index (κ3) is 7.73. The number of nitrogens with zero attached hydrogens (tertiary/aromatic N) is 4. The quantitative estimate of drug-likeness (QED) is 0.752. The van der Waals surface area contributed by atoms with Crippen LogP contribution in [0.1, 0.15) is 41.5 Å². The van der Waals surface area contributed by atoms with Gasteiger partial charge in [0.05, 0.1) is 6.54 Å². The highest BCUT2D eigenvalue weighted by molar-refractivity contribution is 5.82. The number of carbonyl (C=O) groups excluding carboxylic acids is 1. The van der Waals surface area contributed by atoms with Crippen LogP contribution in [-0.4, -0.2) is 103 Å². The summed E-state index contributed by atoms with van der Waals surface area (Å²) in [7, 11) is 2.25. The van der Waals surface area contributed by atoms with E-state index < -0.39 is 0 Å². The van der Waals surface area contributed by atoms with Crippen LogP contribution in [0.3, 0.4) is 0 Å². The molecule has 0 bridgehead atoms. The lowest BCUT2D eigenvalue weighted by Gasteiger charge is -2.41. The van der Waals surface area contributed by atoms with Crippen molar-refractivity contribution in [1.82, 2.24) is 19.6 Å². The van der Waals surface area contributed by atoms with E-state index in [1.54, 1.807) is 0 Å². The van der Waals surface area contributed by atoms with E-state index in [4.69, 9.17) is 0 Å². The van der Waals surface area contributed by atoms with Gasteiger partial charge in [-0.25, -0.2) is 0 Å². The van der Waals surface area contributed by atoms with Gasteiger partial charge in [0.25, 0.3) is 0 Å². The van der Waals surface area contributed by atoms with Gasteiger partial charge >= 0.3 is 0 Å². The van der Waals surface area contributed by atoms with Crippen molar-refractivity contribution in [1.29, 1.82) is 0 Å². The smallest absolute Gasteiger partial charge is 0.149 e. The molecule has 148 valence electrons. The van der Waals surface area contributed by atoms with Crippen LogP contribution in [0, 0.1) is 5.92 Å². The molecule has 5 nitrogen and oxygen atoms in total. The van der Waals surface area contributed by atoms with Gasteiger partial charge in [-0.2, -0.15) is 0 Å². The number of ketones is 1. The van der Waals surface area contributed by atoms with E-state index >= 15 is 0 Å². The summed E-state index contributed by atoms with van der Waals surface area (Å²) < 4.78 is 0. The molecule has 0 N–H and O–H groups in total. The van der Waals surface area contributed by atoms with E-state index in [1.807, 2.05) is 13.8 Å². The summed E-state index contributed by atoms with van der Waals surface area (Å²) in [6, 6.07) is 0. The van der Waals surface area contributed by atoms with E-state index in [1.165, 1.54) is 0 Å². The van der Waals surface area contributed by atoms with Crippen LogP contribution >= 0.6 is 0 Å². The van der Waals surface area contributed by atoms with E-state index in [9.17, 15) is 4.79 Å². The van der Waals surface area contributed by atoms with Crippen LogP contribution in [0.4, 0.5) is 0 Å². The Kier molecular flexibility index (Phi) is 9.57. The minimum atomic E-state index is 0.124. The number of Topliss-reactive ketones (excluding diaryl/α,β-unsaturated/α-hetero) is 1. The Labute approximate surface area is 156 Å². The minimum Gasteiger partial charge on any atom is -0.301 e. The molecular formula is C20H42N4O. The number of rotatable bonds is 5. The van der Waals surface area contributed by atoms with Crippen LogP contribution in [0.15, 0.2) is 0 Å². The number of carbonyl (C=O) groups is 1. The lowest BCUT2D eigenvalue weighted by molar-refractivity contribution is -0.123. The van der Waals surface area contributed by atoms with Gasteiger partial charge in [0.2, 0.25) is 0 Å². The van der Waals surface area contributed by atoms with E-state index in [0.29, 0.717) is 12.3 Å². The number of hydrogen-bond donors (Lipinski definition) is 0. The second-order valence-electron chi connectivity index (χ2n) is 8.43. The molecule has 1 fully saturated rings. The molecule has 1 aliphatic rings. The molecule has 1 aliphatic heterocycles. The fourth-order valence-electron chi connectivity index (χ4n) is 3.28. The van der Waals surface area contributed by atoms with Crippen molar-refractivity contribution in [2.24, 2.45) is 5.92 Å². The fourth-order valence-corrected chi connectivity index (χ4v) is 3.28. The summed E-state index contributed by atoms with van der Waals surface area (Å²) in [4.78, 5) is 22.2. The van der Waals surface area contributed by atoms with Crippen LogP contribution in [-0.2, 0) is 4.79 Å². The van der Waals surface area contributed by atoms with Crippen LogP contribution < -0.4 is 0 Å². The van der Waals surface area contributed by atoms with Gasteiger partial charge in [0.1, 0.15) is 5.78 Å². The van der Waals surface area contributed by atoms with E-state index in [0.717, 1.165) is 58.9 Å². The second kappa shape index (κ2) is 10.6. The van der Waals surface area contributed by atoms with E-state index in [-0.39, 0.29) is 11.5 Å². The van der Waals surface area contributed by atoms with Crippen LogP contribution in [0.2, 0.25) is 0 Å². The minimum absolute atomic E-state index is 0.124. The summed E-state index contributed by atoms with van der Waals surface area (Å²) in [5.74, 6) is 0.483. The van der Waals surface area contributed by atoms with Gasteiger partial charge in [-0.3, -0.25) is 14.6 Å². The molecule has 5 heteroatoms. The molecule has 25 heavy (non-hydrogen) atoms. The Morgan fingerprint density at radius 2 is 1.36 bits per heavy atom. The normalized spacial score (nSPS) is 23.4. The molecule has 0 aromatic rings. The first-order chi connectivity index (χ1) is 11.7. The predicted molar refractivity (Wildman–Crippen MR) is 107 cm³/mol.